The fourth-order valence-electron chi connectivity index (χ4n) is 3.84. The molecule has 35 heavy (non-hydrogen) atoms. The summed E-state index contributed by atoms with van der Waals surface area (Å²) in [7, 11) is -4.07. The second-order valence-corrected chi connectivity index (χ2v) is 11.4. The molecule has 3 aromatic rings. The molecule has 1 aromatic carbocycles. The van der Waals surface area contributed by atoms with Gasteiger partial charge in [-0.1, -0.05) is 11.6 Å². The number of hydrogen-bond donors (Lipinski definition) is 1. The zero-order chi connectivity index (χ0) is 25.5. The number of fused-ring (bicyclic) bond motifs is 1. The Balaban J connectivity index is 1.48. The quantitative estimate of drug-likeness (QED) is 0.477. The van der Waals surface area contributed by atoms with Gasteiger partial charge in [-0.05, 0) is 56.0 Å². The molecule has 12 heteroatoms. The van der Waals surface area contributed by atoms with Crippen molar-refractivity contribution >= 4 is 60.7 Å². The average Bonchev–Trinajstić information content (AvgIpc) is 3.09. The van der Waals surface area contributed by atoms with Gasteiger partial charge in [-0.25, -0.2) is 22.9 Å². The van der Waals surface area contributed by atoms with Crippen LogP contribution < -0.4 is 9.62 Å². The van der Waals surface area contributed by atoms with E-state index < -0.39 is 27.8 Å². The summed E-state index contributed by atoms with van der Waals surface area (Å²) in [5.74, 6) is -1.46. The molecule has 1 aliphatic rings. The maximum Gasteiger partial charge on any atom is 0.340 e. The van der Waals surface area contributed by atoms with E-state index in [1.165, 1.54) is 6.07 Å². The first-order chi connectivity index (χ1) is 16.6. The molecular formula is C23H21ClN4O5S2. The molecule has 0 atom stereocenters. The molecule has 0 saturated carbocycles. The van der Waals surface area contributed by atoms with Gasteiger partial charge in [0.25, 0.3) is 10.0 Å². The van der Waals surface area contributed by atoms with Crippen molar-refractivity contribution < 1.29 is 22.7 Å². The maximum atomic E-state index is 12.9. The number of pyridine rings is 1. The van der Waals surface area contributed by atoms with Crippen LogP contribution in [0.3, 0.4) is 0 Å². The third kappa shape index (κ3) is 4.69. The Hall–Kier alpha value is -3.20. The number of rotatable bonds is 6. The first kappa shape index (κ1) is 24.9. The molecule has 9 nitrogen and oxygen atoms in total. The van der Waals surface area contributed by atoms with E-state index in [4.69, 9.17) is 16.3 Å². The van der Waals surface area contributed by atoms with Crippen LogP contribution in [0.5, 0.6) is 0 Å². The number of nitrogens with zero attached hydrogens (tertiary/aromatic N) is 3. The van der Waals surface area contributed by atoms with Gasteiger partial charge in [0.05, 0.1) is 29.3 Å². The second-order valence-electron chi connectivity index (χ2n) is 8.05. The number of halogens is 1. The standard InChI is InChI=1S/C23H21ClN4O5S2/c1-4-33-22(30)18-7-14(9-25)20(26-13(18)3)28-10-15(11-28)21(29)27-35(31,32)23-12(2)17-8-16(24)5-6-19(17)34-23/h5-8,15H,4,10-11H2,1-3H3,(H,27,29). The number of esters is 1. The van der Waals surface area contributed by atoms with Gasteiger partial charge in [-0.3, -0.25) is 4.79 Å². The van der Waals surface area contributed by atoms with Crippen LogP contribution in [0.25, 0.3) is 10.1 Å². The molecule has 1 saturated heterocycles. The Morgan fingerprint density at radius 1 is 1.31 bits per heavy atom. The summed E-state index contributed by atoms with van der Waals surface area (Å²) >= 11 is 7.11. The minimum atomic E-state index is -4.07. The van der Waals surface area contributed by atoms with Crippen LogP contribution >= 0.6 is 22.9 Å². The number of thiophene rings is 1. The Morgan fingerprint density at radius 3 is 2.69 bits per heavy atom. The topological polar surface area (TPSA) is 129 Å². The molecule has 1 amide bonds. The first-order valence-corrected chi connectivity index (χ1v) is 13.3. The van der Waals surface area contributed by atoms with Crippen LogP contribution in [0.1, 0.15) is 34.1 Å². The highest BCUT2D eigenvalue weighted by molar-refractivity contribution is 7.92. The maximum absolute atomic E-state index is 12.9. The zero-order valence-corrected chi connectivity index (χ0v) is 21.5. The smallest absolute Gasteiger partial charge is 0.340 e. The number of hydrogen-bond acceptors (Lipinski definition) is 9. The lowest BCUT2D eigenvalue weighted by atomic mass is 9.98. The van der Waals surface area contributed by atoms with Crippen LogP contribution in [0.4, 0.5) is 5.82 Å². The van der Waals surface area contributed by atoms with Crippen LogP contribution in [0, 0.1) is 31.1 Å². The van der Waals surface area contributed by atoms with Crippen molar-refractivity contribution in [3.8, 4) is 6.07 Å². The summed E-state index contributed by atoms with van der Waals surface area (Å²) < 4.78 is 33.9. The minimum Gasteiger partial charge on any atom is -0.462 e. The van der Waals surface area contributed by atoms with Crippen molar-refractivity contribution in [2.24, 2.45) is 5.92 Å². The number of nitriles is 1. The van der Waals surface area contributed by atoms with Crippen LogP contribution in [0.2, 0.25) is 5.02 Å². The summed E-state index contributed by atoms with van der Waals surface area (Å²) in [5, 5.41) is 10.8. The van der Waals surface area contributed by atoms with Gasteiger partial charge in [0.15, 0.2) is 0 Å². The van der Waals surface area contributed by atoms with Gasteiger partial charge >= 0.3 is 5.97 Å². The van der Waals surface area contributed by atoms with Gasteiger partial charge in [-0.2, -0.15) is 5.26 Å². The third-order valence-corrected chi connectivity index (χ3v) is 9.17. The Labute approximate surface area is 211 Å². The third-order valence-electron chi connectivity index (χ3n) is 5.69. The number of aryl methyl sites for hydroxylation is 2. The fraction of sp³-hybridized carbons (Fsp3) is 0.304. The van der Waals surface area contributed by atoms with E-state index in [0.717, 1.165) is 21.4 Å². The van der Waals surface area contributed by atoms with E-state index in [9.17, 15) is 23.3 Å². The number of aromatic nitrogens is 1. The lowest BCUT2D eigenvalue weighted by molar-refractivity contribution is -0.123. The fourth-order valence-corrected chi connectivity index (χ4v) is 6.80. The van der Waals surface area contributed by atoms with E-state index in [2.05, 4.69) is 9.71 Å². The predicted octanol–water partition coefficient (Wildman–Crippen LogP) is 3.56. The number of carbonyl (C=O) groups is 2. The number of amides is 1. The summed E-state index contributed by atoms with van der Waals surface area (Å²) in [4.78, 5) is 30.9. The van der Waals surface area contributed by atoms with Crippen molar-refractivity contribution in [3.05, 3.63) is 51.7 Å². The molecule has 0 spiro atoms. The van der Waals surface area contributed by atoms with Crippen molar-refractivity contribution in [2.45, 2.75) is 25.0 Å². The molecule has 4 rings (SSSR count). The normalized spacial score (nSPS) is 13.9. The average molecular weight is 533 g/mol. The highest BCUT2D eigenvalue weighted by atomic mass is 35.5. The van der Waals surface area contributed by atoms with Gasteiger partial charge in [0.1, 0.15) is 16.1 Å². The Kier molecular flexibility index (Phi) is 6.73. The summed E-state index contributed by atoms with van der Waals surface area (Å²) in [6.07, 6.45) is 0. The molecule has 0 radical (unpaired) electrons. The number of sulfonamides is 1. The number of benzene rings is 1. The number of nitrogens with one attached hydrogen (secondary N) is 1. The van der Waals surface area contributed by atoms with E-state index in [1.807, 2.05) is 6.07 Å². The Morgan fingerprint density at radius 2 is 2.03 bits per heavy atom. The SMILES string of the molecule is CCOC(=O)c1cc(C#N)c(N2CC(C(=O)NS(=O)(=O)c3sc4ccc(Cl)cc4c3C)C2)nc1C. The highest BCUT2D eigenvalue weighted by Crippen LogP contribution is 2.36. The summed E-state index contributed by atoms with van der Waals surface area (Å²) in [6, 6.07) is 8.56. The molecule has 2 aromatic heterocycles. The van der Waals surface area contributed by atoms with Crippen LogP contribution in [-0.4, -0.2) is 45.0 Å². The summed E-state index contributed by atoms with van der Waals surface area (Å²) in [5.41, 5.74) is 1.30. The van der Waals surface area contributed by atoms with Crippen molar-refractivity contribution in [1.82, 2.24) is 9.71 Å². The lowest BCUT2D eigenvalue weighted by Gasteiger charge is -2.39. The summed E-state index contributed by atoms with van der Waals surface area (Å²) in [6.45, 7) is 5.56. The Bertz CT molecular complexity index is 1500. The lowest BCUT2D eigenvalue weighted by Crippen LogP contribution is -2.55. The number of anilines is 1. The van der Waals surface area contributed by atoms with Gasteiger partial charge in [0.2, 0.25) is 5.91 Å². The molecule has 1 fully saturated rings. The van der Waals surface area contributed by atoms with Crippen LogP contribution in [0.15, 0.2) is 28.5 Å². The zero-order valence-electron chi connectivity index (χ0n) is 19.1. The molecule has 1 N–H and O–H groups in total. The minimum absolute atomic E-state index is 0.0675. The first-order valence-electron chi connectivity index (χ1n) is 10.6. The van der Waals surface area contributed by atoms with Crippen molar-refractivity contribution in [2.75, 3.05) is 24.6 Å². The van der Waals surface area contributed by atoms with Gasteiger partial charge in [0, 0.05) is 22.8 Å². The van der Waals surface area contributed by atoms with Gasteiger partial charge in [-0.15, -0.1) is 11.3 Å². The van der Waals surface area contributed by atoms with E-state index >= 15 is 0 Å². The monoisotopic (exact) mass is 532 g/mol. The number of ether oxygens (including phenoxy) is 1. The molecule has 1 aliphatic heterocycles. The molecule has 0 aliphatic carbocycles. The molecule has 182 valence electrons. The largest absolute Gasteiger partial charge is 0.462 e. The molecule has 0 bridgehead atoms. The highest BCUT2D eigenvalue weighted by Gasteiger charge is 2.37. The van der Waals surface area contributed by atoms with E-state index in [0.29, 0.717) is 22.1 Å². The molecule has 0 unspecified atom stereocenters. The van der Waals surface area contributed by atoms with E-state index in [1.54, 1.807) is 43.9 Å². The predicted molar refractivity (Wildman–Crippen MR) is 132 cm³/mol. The van der Waals surface area contributed by atoms with E-state index in [-0.39, 0.29) is 35.0 Å². The van der Waals surface area contributed by atoms with Crippen LogP contribution in [-0.2, 0) is 19.6 Å². The number of carbonyl (C=O) groups excluding carboxylic acids is 2. The molecular weight excluding hydrogens is 512 g/mol. The van der Waals surface area contributed by atoms with Gasteiger partial charge < -0.3 is 9.64 Å². The second kappa shape index (κ2) is 9.45. The molecule has 3 heterocycles. The van der Waals surface area contributed by atoms with Crippen molar-refractivity contribution in [1.29, 1.82) is 5.26 Å². The van der Waals surface area contributed by atoms with Crippen molar-refractivity contribution in [3.63, 3.8) is 0 Å².